The van der Waals surface area contributed by atoms with E-state index in [4.69, 9.17) is 9.47 Å². The molecule has 0 aliphatic rings. The summed E-state index contributed by atoms with van der Waals surface area (Å²) in [6.45, 7) is 0.385. The minimum atomic E-state index is -0.799. The Morgan fingerprint density at radius 2 is 1.13 bits per heavy atom. The van der Waals surface area contributed by atoms with E-state index in [-0.39, 0.29) is 5.75 Å². The van der Waals surface area contributed by atoms with Crippen molar-refractivity contribution in [3.8, 4) is 11.5 Å². The number of hydrogen-bond donors (Lipinski definition) is 1. The van der Waals surface area contributed by atoms with Crippen molar-refractivity contribution in [2.24, 2.45) is 0 Å². The summed E-state index contributed by atoms with van der Waals surface area (Å²) < 4.78 is 12.1. The maximum atomic E-state index is 9.62. The monoisotopic (exact) mass is 396 g/mol. The summed E-state index contributed by atoms with van der Waals surface area (Å²) in [6, 6.07) is 35.6. The summed E-state index contributed by atoms with van der Waals surface area (Å²) in [5.41, 5.74) is 3.28. The molecule has 0 fully saturated rings. The van der Waals surface area contributed by atoms with Crippen LogP contribution in [0.5, 0.6) is 11.5 Å². The maximum absolute atomic E-state index is 9.62. The van der Waals surface area contributed by atoms with Crippen LogP contribution < -0.4 is 4.74 Å². The molecule has 0 atom stereocenters. The van der Waals surface area contributed by atoms with Gasteiger partial charge in [0.15, 0.2) is 0 Å². The molecule has 0 aromatic heterocycles. The standard InChI is InChI=1S/C27H24O3/c1-29-26-18-14-24(15-19-26)27(22-8-4-2-5-9-22,23-10-6-3-7-11-23)30-20-21-12-16-25(28)17-13-21/h2-19,28H,20H2,1H3. The Morgan fingerprint density at radius 3 is 1.63 bits per heavy atom. The fourth-order valence-electron chi connectivity index (χ4n) is 3.71. The van der Waals surface area contributed by atoms with Crippen molar-refractivity contribution in [1.29, 1.82) is 0 Å². The number of ether oxygens (including phenoxy) is 2. The van der Waals surface area contributed by atoms with Gasteiger partial charge in [0.1, 0.15) is 17.1 Å². The van der Waals surface area contributed by atoms with Gasteiger partial charge in [0, 0.05) is 0 Å². The normalized spacial score (nSPS) is 11.2. The van der Waals surface area contributed by atoms with Crippen LogP contribution in [0.1, 0.15) is 22.3 Å². The molecule has 4 aromatic carbocycles. The lowest BCUT2D eigenvalue weighted by atomic mass is 9.80. The third-order valence-corrected chi connectivity index (χ3v) is 5.25. The van der Waals surface area contributed by atoms with Gasteiger partial charge in [0.2, 0.25) is 0 Å². The zero-order chi connectivity index (χ0) is 20.8. The Labute approximate surface area is 177 Å². The van der Waals surface area contributed by atoms with Gasteiger partial charge in [0.25, 0.3) is 0 Å². The van der Waals surface area contributed by atoms with E-state index in [9.17, 15) is 5.11 Å². The van der Waals surface area contributed by atoms with Crippen LogP contribution in [-0.4, -0.2) is 12.2 Å². The van der Waals surface area contributed by atoms with Gasteiger partial charge < -0.3 is 14.6 Å². The Bertz CT molecular complexity index is 1020. The molecule has 0 unspecified atom stereocenters. The van der Waals surface area contributed by atoms with E-state index in [0.29, 0.717) is 6.61 Å². The van der Waals surface area contributed by atoms with Crippen LogP contribution in [0.2, 0.25) is 0 Å². The third-order valence-electron chi connectivity index (χ3n) is 5.25. The maximum Gasteiger partial charge on any atom is 0.144 e. The molecule has 0 bridgehead atoms. The summed E-state index contributed by atoms with van der Waals surface area (Å²) in [5, 5.41) is 9.62. The van der Waals surface area contributed by atoms with E-state index in [2.05, 4.69) is 36.4 Å². The molecule has 0 heterocycles. The summed E-state index contributed by atoms with van der Waals surface area (Å²) in [4.78, 5) is 0. The van der Waals surface area contributed by atoms with Crippen LogP contribution >= 0.6 is 0 Å². The van der Waals surface area contributed by atoms with Gasteiger partial charge in [-0.3, -0.25) is 0 Å². The van der Waals surface area contributed by atoms with Crippen molar-refractivity contribution < 1.29 is 14.6 Å². The van der Waals surface area contributed by atoms with Crippen LogP contribution in [0, 0.1) is 0 Å². The fourth-order valence-corrected chi connectivity index (χ4v) is 3.71. The smallest absolute Gasteiger partial charge is 0.144 e. The topological polar surface area (TPSA) is 38.7 Å². The van der Waals surface area contributed by atoms with Gasteiger partial charge in [-0.15, -0.1) is 0 Å². The number of methoxy groups -OCH3 is 1. The largest absolute Gasteiger partial charge is 0.508 e. The minimum Gasteiger partial charge on any atom is -0.508 e. The lowest BCUT2D eigenvalue weighted by Gasteiger charge is -2.36. The Hall–Kier alpha value is -3.56. The average molecular weight is 396 g/mol. The molecule has 0 amide bonds. The van der Waals surface area contributed by atoms with Gasteiger partial charge in [-0.2, -0.15) is 0 Å². The van der Waals surface area contributed by atoms with Crippen molar-refractivity contribution in [3.63, 3.8) is 0 Å². The highest BCUT2D eigenvalue weighted by Gasteiger charge is 2.37. The van der Waals surface area contributed by atoms with Crippen LogP contribution in [0.3, 0.4) is 0 Å². The fraction of sp³-hybridized carbons (Fsp3) is 0.111. The quantitative estimate of drug-likeness (QED) is 0.395. The first-order valence-electron chi connectivity index (χ1n) is 9.90. The van der Waals surface area contributed by atoms with Crippen molar-refractivity contribution in [3.05, 3.63) is 131 Å². The van der Waals surface area contributed by atoms with Gasteiger partial charge in [-0.25, -0.2) is 0 Å². The molecule has 0 spiro atoms. The first-order chi connectivity index (χ1) is 14.7. The molecule has 0 saturated carbocycles. The molecular weight excluding hydrogens is 372 g/mol. The molecule has 0 saturated heterocycles. The van der Waals surface area contributed by atoms with Crippen molar-refractivity contribution in [1.82, 2.24) is 0 Å². The first kappa shape index (κ1) is 19.7. The average Bonchev–Trinajstić information content (AvgIpc) is 2.82. The second kappa shape index (κ2) is 8.85. The summed E-state index contributed by atoms with van der Waals surface area (Å²) in [7, 11) is 1.66. The Balaban J connectivity index is 1.87. The zero-order valence-corrected chi connectivity index (χ0v) is 16.9. The van der Waals surface area contributed by atoms with Crippen LogP contribution in [-0.2, 0) is 16.9 Å². The Kier molecular flexibility index (Phi) is 5.82. The first-order valence-corrected chi connectivity index (χ1v) is 9.90. The molecular formula is C27H24O3. The molecule has 4 aromatic rings. The second-order valence-electron chi connectivity index (χ2n) is 7.10. The van der Waals surface area contributed by atoms with Crippen molar-refractivity contribution >= 4 is 0 Å². The summed E-state index contributed by atoms with van der Waals surface area (Å²) >= 11 is 0. The number of benzene rings is 4. The van der Waals surface area contributed by atoms with Gasteiger partial charge in [-0.1, -0.05) is 84.9 Å². The predicted molar refractivity (Wildman–Crippen MR) is 119 cm³/mol. The number of hydrogen-bond acceptors (Lipinski definition) is 3. The highest BCUT2D eigenvalue weighted by Crippen LogP contribution is 2.41. The van der Waals surface area contributed by atoms with Crippen molar-refractivity contribution in [2.45, 2.75) is 12.2 Å². The highest BCUT2D eigenvalue weighted by atomic mass is 16.5. The number of phenolic OH excluding ortho intramolecular Hbond substituents is 1. The number of aromatic hydroxyl groups is 1. The van der Waals surface area contributed by atoms with E-state index in [0.717, 1.165) is 28.0 Å². The molecule has 4 rings (SSSR count). The lowest BCUT2D eigenvalue weighted by molar-refractivity contribution is 0.000207. The summed E-state index contributed by atoms with van der Waals surface area (Å²) in [5.74, 6) is 1.04. The predicted octanol–water partition coefficient (Wildman–Crippen LogP) is 5.91. The molecule has 3 nitrogen and oxygen atoms in total. The third kappa shape index (κ3) is 3.93. The molecule has 0 aliphatic carbocycles. The SMILES string of the molecule is COc1ccc(C(OCc2ccc(O)cc2)(c2ccccc2)c2ccccc2)cc1. The number of rotatable bonds is 7. The van der Waals surface area contributed by atoms with E-state index in [1.807, 2.05) is 60.7 Å². The molecule has 3 heteroatoms. The lowest BCUT2D eigenvalue weighted by Crippen LogP contribution is -2.32. The van der Waals surface area contributed by atoms with Crippen molar-refractivity contribution in [2.75, 3.05) is 7.11 Å². The second-order valence-corrected chi connectivity index (χ2v) is 7.10. The van der Waals surface area contributed by atoms with E-state index in [1.54, 1.807) is 19.2 Å². The molecule has 0 radical (unpaired) electrons. The van der Waals surface area contributed by atoms with E-state index >= 15 is 0 Å². The molecule has 0 aliphatic heterocycles. The van der Waals surface area contributed by atoms with Crippen LogP contribution in [0.25, 0.3) is 0 Å². The Morgan fingerprint density at radius 1 is 0.633 bits per heavy atom. The van der Waals surface area contributed by atoms with E-state index < -0.39 is 5.60 Å². The number of phenols is 1. The van der Waals surface area contributed by atoms with Gasteiger partial charge >= 0.3 is 0 Å². The van der Waals surface area contributed by atoms with Crippen LogP contribution in [0.15, 0.2) is 109 Å². The van der Waals surface area contributed by atoms with Crippen LogP contribution in [0.4, 0.5) is 0 Å². The highest BCUT2D eigenvalue weighted by molar-refractivity contribution is 5.48. The summed E-state index contributed by atoms with van der Waals surface area (Å²) in [6.07, 6.45) is 0. The van der Waals surface area contributed by atoms with E-state index in [1.165, 1.54) is 0 Å². The molecule has 30 heavy (non-hydrogen) atoms. The molecule has 150 valence electrons. The van der Waals surface area contributed by atoms with Gasteiger partial charge in [-0.05, 0) is 46.5 Å². The molecule has 1 N–H and O–H groups in total. The zero-order valence-electron chi connectivity index (χ0n) is 16.9. The minimum absolute atomic E-state index is 0.242. The van der Waals surface area contributed by atoms with Gasteiger partial charge in [0.05, 0.1) is 13.7 Å².